The average molecular weight is 703 g/mol. The average Bonchev–Trinajstić information content (AvgIpc) is 3.02. The minimum atomic E-state index is -1.23. The Bertz CT molecular complexity index is 1980. The van der Waals surface area contributed by atoms with Gasteiger partial charge in [-0.2, -0.15) is 5.26 Å². The summed E-state index contributed by atoms with van der Waals surface area (Å²) in [6, 6.07) is 2.55. The van der Waals surface area contributed by atoms with Crippen LogP contribution in [0.3, 0.4) is 0 Å². The van der Waals surface area contributed by atoms with Crippen LogP contribution in [0.5, 0.6) is 0 Å². The van der Waals surface area contributed by atoms with E-state index < -0.39 is 38.5 Å². The summed E-state index contributed by atoms with van der Waals surface area (Å²) in [5, 5.41) is 12.6. The molecule has 0 radical (unpaired) electrons. The van der Waals surface area contributed by atoms with E-state index in [9.17, 15) is 19.2 Å². The van der Waals surface area contributed by atoms with E-state index in [0.29, 0.717) is 11.1 Å². The van der Waals surface area contributed by atoms with Gasteiger partial charge in [0.2, 0.25) is 5.91 Å². The van der Waals surface area contributed by atoms with Crippen molar-refractivity contribution in [2.45, 2.75) is 52.7 Å². The molecule has 3 aromatic rings. The number of hydrogen-bond acceptors (Lipinski definition) is 7. The number of carbonyl (C=O) groups is 1. The van der Waals surface area contributed by atoms with E-state index in [1.165, 1.54) is 16.7 Å². The number of fused-ring (bicyclic) bond motifs is 1. The minimum Gasteiger partial charge on any atom is -0.395 e. The molecule has 0 spiro atoms. The predicted molar refractivity (Wildman–Crippen MR) is 183 cm³/mol. The Labute approximate surface area is 285 Å². The van der Waals surface area contributed by atoms with Gasteiger partial charge in [0.25, 0.3) is 5.56 Å². The van der Waals surface area contributed by atoms with E-state index in [0.717, 1.165) is 5.57 Å². The van der Waals surface area contributed by atoms with Crippen LogP contribution in [-0.2, 0) is 4.79 Å². The molecule has 14 heteroatoms. The topological polar surface area (TPSA) is 120 Å². The Morgan fingerprint density at radius 1 is 1.19 bits per heavy atom. The molecule has 0 saturated carbocycles. The first-order chi connectivity index (χ1) is 22.2. The second-order valence-electron chi connectivity index (χ2n) is 12.1. The third kappa shape index (κ3) is 5.52. The molecule has 0 bridgehead atoms. The monoisotopic (exact) mass is 701 g/mol. The van der Waals surface area contributed by atoms with Crippen molar-refractivity contribution in [3.63, 3.8) is 0 Å². The van der Waals surface area contributed by atoms with Gasteiger partial charge < -0.3 is 20.9 Å². The molecule has 2 aliphatic rings. The number of nitrogens with zero attached hydrogens (tertiary/aromatic N) is 5. The molecule has 3 N–H and O–H groups in total. The molecule has 246 valence electrons. The number of nitrogen functional groups attached to an aromatic ring is 1. The fourth-order valence-corrected chi connectivity index (χ4v) is 7.21. The lowest BCUT2D eigenvalue weighted by Crippen LogP contribution is -2.58. The van der Waals surface area contributed by atoms with Gasteiger partial charge in [-0.3, -0.25) is 14.2 Å². The molecular weight excluding hydrogens is 671 g/mol. The number of piperazine rings is 1. The summed E-state index contributed by atoms with van der Waals surface area (Å²) in [6.07, 6.45) is 4.81. The van der Waals surface area contributed by atoms with Crippen molar-refractivity contribution in [3.8, 4) is 17.3 Å². The van der Waals surface area contributed by atoms with Crippen LogP contribution in [0.4, 0.5) is 20.2 Å². The van der Waals surface area contributed by atoms with Crippen LogP contribution < -0.4 is 21.5 Å². The number of dihydropyridines is 1. The maximum absolute atomic E-state index is 15.6. The number of hydrogen-bond donors (Lipinski definition) is 2. The standard InChI is InChI=1S/C33H32Cl3F2N7O2/c1-7-21(46)44-16(5)12-43(13-17(44)6)31-18-10-20(34)29(22-23(35)27(40)26(38)24(36)25(22)37)42-32(18)45(33(47)19(31)11-39)30-15(4)8-9-41-28(30)14(2)3/h7-10,14,16-17,28,41H,1,12-13,40H2,2-6H3/t16-,17+,28-/m1/s1. The first-order valence-electron chi connectivity index (χ1n) is 14.8. The van der Waals surface area contributed by atoms with Gasteiger partial charge in [-0.25, -0.2) is 13.8 Å². The number of anilines is 2. The predicted octanol–water partition coefficient (Wildman–Crippen LogP) is 6.74. The highest BCUT2D eigenvalue weighted by molar-refractivity contribution is 6.39. The molecule has 3 atom stereocenters. The zero-order valence-electron chi connectivity index (χ0n) is 26.3. The normalized spacial score (nSPS) is 19.7. The molecule has 1 amide bonds. The number of nitrogens with two attached hydrogens (primary N) is 1. The molecule has 0 unspecified atom stereocenters. The van der Waals surface area contributed by atoms with E-state index >= 15 is 4.39 Å². The third-order valence-electron chi connectivity index (χ3n) is 8.60. The van der Waals surface area contributed by atoms with Crippen molar-refractivity contribution in [2.75, 3.05) is 23.7 Å². The van der Waals surface area contributed by atoms with Gasteiger partial charge in [-0.05, 0) is 56.7 Å². The van der Waals surface area contributed by atoms with Crippen LogP contribution >= 0.6 is 34.8 Å². The van der Waals surface area contributed by atoms with Gasteiger partial charge in [0.05, 0.1) is 44.4 Å². The van der Waals surface area contributed by atoms with E-state index in [1.54, 1.807) is 17.2 Å². The molecule has 2 aromatic heterocycles. The van der Waals surface area contributed by atoms with Gasteiger partial charge in [0.1, 0.15) is 22.3 Å². The zero-order chi connectivity index (χ0) is 34.6. The maximum atomic E-state index is 15.6. The lowest BCUT2D eigenvalue weighted by atomic mass is 9.94. The van der Waals surface area contributed by atoms with Gasteiger partial charge in [0.15, 0.2) is 11.6 Å². The summed E-state index contributed by atoms with van der Waals surface area (Å²) in [5.41, 5.74) is 5.27. The van der Waals surface area contributed by atoms with Crippen LogP contribution in [0.25, 0.3) is 28.0 Å². The molecule has 1 aromatic carbocycles. The molecule has 2 aliphatic heterocycles. The number of nitrogens with one attached hydrogen (secondary N) is 1. The van der Waals surface area contributed by atoms with E-state index in [2.05, 4.69) is 18.0 Å². The van der Waals surface area contributed by atoms with Gasteiger partial charge in [-0.15, -0.1) is 0 Å². The summed E-state index contributed by atoms with van der Waals surface area (Å²) in [4.78, 5) is 35.5. The number of nitriles is 1. The number of rotatable bonds is 5. The summed E-state index contributed by atoms with van der Waals surface area (Å²) in [7, 11) is 0. The molecule has 1 saturated heterocycles. The largest absolute Gasteiger partial charge is 0.395 e. The van der Waals surface area contributed by atoms with Crippen molar-refractivity contribution in [1.29, 1.82) is 5.26 Å². The SMILES string of the molecule is C=CC(=O)N1[C@H](C)CN(c2c(C#N)c(=O)n(C3=C(C)C=CN[C@@H]3C(C)C)c3nc(-c4c(F)c(Cl)c(F)c(N)c4Cl)c(Cl)cc23)C[C@@H]1C. The summed E-state index contributed by atoms with van der Waals surface area (Å²) in [6.45, 7) is 13.6. The highest BCUT2D eigenvalue weighted by atomic mass is 35.5. The molecule has 5 rings (SSSR count). The quantitative estimate of drug-likeness (QED) is 0.131. The van der Waals surface area contributed by atoms with Crippen molar-refractivity contribution in [3.05, 3.63) is 79.2 Å². The maximum Gasteiger partial charge on any atom is 0.276 e. The number of amides is 1. The molecule has 4 heterocycles. The Hall–Kier alpha value is -4.11. The lowest BCUT2D eigenvalue weighted by Gasteiger charge is -2.45. The van der Waals surface area contributed by atoms with Crippen molar-refractivity contribution >= 4 is 68.8 Å². The fourth-order valence-electron chi connectivity index (χ4n) is 6.51. The molecule has 47 heavy (non-hydrogen) atoms. The Balaban J connectivity index is 1.92. The minimum absolute atomic E-state index is 0.0244. The van der Waals surface area contributed by atoms with Crippen LogP contribution in [0.15, 0.2) is 41.4 Å². The van der Waals surface area contributed by atoms with E-state index in [1.807, 2.05) is 39.5 Å². The molecule has 9 nitrogen and oxygen atoms in total. The molecule has 1 fully saturated rings. The van der Waals surface area contributed by atoms with Crippen LogP contribution in [0.2, 0.25) is 15.1 Å². The summed E-state index contributed by atoms with van der Waals surface area (Å²) >= 11 is 19.1. The lowest BCUT2D eigenvalue weighted by molar-refractivity contribution is -0.130. The Kier molecular flexibility index (Phi) is 9.34. The highest BCUT2D eigenvalue weighted by Gasteiger charge is 2.36. The number of halogens is 5. The highest BCUT2D eigenvalue weighted by Crippen LogP contribution is 2.44. The fraction of sp³-hybridized carbons (Fsp3) is 0.333. The second kappa shape index (κ2) is 12.8. The number of carbonyl (C=O) groups excluding carboxylic acids is 1. The number of aromatic nitrogens is 2. The van der Waals surface area contributed by atoms with E-state index in [-0.39, 0.29) is 70.7 Å². The van der Waals surface area contributed by atoms with Crippen LogP contribution in [0.1, 0.15) is 40.2 Å². The van der Waals surface area contributed by atoms with Crippen molar-refractivity contribution in [1.82, 2.24) is 19.8 Å². The number of pyridine rings is 2. The van der Waals surface area contributed by atoms with Crippen LogP contribution in [-0.4, -0.2) is 51.6 Å². The molecular formula is C33H32Cl3F2N7O2. The Morgan fingerprint density at radius 3 is 2.40 bits per heavy atom. The summed E-state index contributed by atoms with van der Waals surface area (Å²) < 4.78 is 31.5. The first-order valence-corrected chi connectivity index (χ1v) is 15.9. The van der Waals surface area contributed by atoms with Gasteiger partial charge >= 0.3 is 0 Å². The number of benzene rings is 1. The van der Waals surface area contributed by atoms with Crippen molar-refractivity contribution < 1.29 is 13.6 Å². The molecule has 0 aliphatic carbocycles. The number of allylic oxidation sites excluding steroid dienone is 2. The van der Waals surface area contributed by atoms with Gasteiger partial charge in [-0.1, -0.05) is 55.2 Å². The third-order valence-corrected chi connectivity index (χ3v) is 9.61. The van der Waals surface area contributed by atoms with Gasteiger partial charge in [0, 0.05) is 30.6 Å². The van der Waals surface area contributed by atoms with Crippen LogP contribution in [0, 0.1) is 28.9 Å². The Morgan fingerprint density at radius 2 is 1.83 bits per heavy atom. The van der Waals surface area contributed by atoms with E-state index in [4.69, 9.17) is 45.5 Å². The summed E-state index contributed by atoms with van der Waals surface area (Å²) in [5.74, 6) is -2.73. The van der Waals surface area contributed by atoms with Crippen molar-refractivity contribution in [2.24, 2.45) is 5.92 Å². The zero-order valence-corrected chi connectivity index (χ0v) is 28.5. The first kappa shape index (κ1) is 34.2. The second-order valence-corrected chi connectivity index (χ2v) is 13.2. The smallest absolute Gasteiger partial charge is 0.276 e.